The monoisotopic (exact) mass is 517 g/mol. The molecule has 1 amide bonds. The molecule has 1 aromatic heterocycles. The van der Waals surface area contributed by atoms with Crippen molar-refractivity contribution < 1.29 is 29.3 Å². The van der Waals surface area contributed by atoms with Gasteiger partial charge in [0.25, 0.3) is 5.91 Å². The first-order valence-electron chi connectivity index (χ1n) is 11.3. The number of hydrogen-bond donors (Lipinski definition) is 2. The predicted octanol–water partition coefficient (Wildman–Crippen LogP) is 7.92. The second kappa shape index (κ2) is 7.67. The predicted molar refractivity (Wildman–Crippen MR) is 127 cm³/mol. The fraction of sp³-hybridized carbons (Fsp3) is 0.417. The summed E-state index contributed by atoms with van der Waals surface area (Å²) in [5.74, 6) is -0.343. The Morgan fingerprint density at radius 1 is 1.09 bits per heavy atom. The van der Waals surface area contributed by atoms with Crippen LogP contribution in [0.25, 0.3) is 10.9 Å². The molecule has 2 N–H and O–H groups in total. The van der Waals surface area contributed by atoms with Crippen LogP contribution in [0.15, 0.2) is 47.5 Å². The van der Waals surface area contributed by atoms with Gasteiger partial charge in [-0.15, -0.1) is 0 Å². The molecule has 0 aliphatic heterocycles. The molecule has 35 heavy (non-hydrogen) atoms. The molecule has 0 atom stereocenters. The zero-order valence-corrected chi connectivity index (χ0v) is 20.4. The largest absolute Gasteiger partial charge is 0.386 e. The van der Waals surface area contributed by atoms with E-state index in [1.165, 1.54) is 13.8 Å². The van der Waals surface area contributed by atoms with Gasteiger partial charge in [-0.2, -0.15) is 5.10 Å². The lowest BCUT2D eigenvalue weighted by Crippen LogP contribution is -2.21. The Labute approximate surface area is 200 Å². The van der Waals surface area contributed by atoms with Gasteiger partial charge in [-0.25, -0.2) is 0 Å². The maximum absolute atomic E-state index is 13.2. The van der Waals surface area contributed by atoms with Crippen LogP contribution in [0.1, 0.15) is 68.4 Å². The second-order valence-electron chi connectivity index (χ2n) is 9.99. The minimum absolute atomic E-state index is 0.140. The van der Waals surface area contributed by atoms with Gasteiger partial charge in [0.2, 0.25) is 0 Å². The van der Waals surface area contributed by atoms with E-state index in [0.29, 0.717) is 22.4 Å². The molecule has 5 nitrogen and oxygen atoms in total. The number of hydrogen-bond acceptors (Lipinski definition) is 3. The lowest BCUT2D eigenvalue weighted by atomic mass is 9.87. The quantitative estimate of drug-likeness (QED) is 0.338. The summed E-state index contributed by atoms with van der Waals surface area (Å²) in [6, 6.07) is 5.61. The first-order chi connectivity index (χ1) is 15.9. The number of nitrogens with one attached hydrogen (secondary N) is 1. The number of nitrogens with zero attached hydrogens (tertiary/aromatic N) is 2. The Bertz CT molecular complexity index is 1290. The Kier molecular flexibility index (Phi) is 5.57. The summed E-state index contributed by atoms with van der Waals surface area (Å²) in [7, 11) is -9.95. The number of fused-ring (bicyclic) bond motifs is 1. The van der Waals surface area contributed by atoms with E-state index < -0.39 is 32.2 Å². The molecule has 0 unspecified atom stereocenters. The Balaban J connectivity index is 1.70. The van der Waals surface area contributed by atoms with Crippen molar-refractivity contribution in [3.8, 4) is 0 Å². The van der Waals surface area contributed by atoms with Crippen LogP contribution >= 0.6 is 10.2 Å². The molecule has 0 saturated heterocycles. The molecule has 4 rings (SSSR count). The van der Waals surface area contributed by atoms with E-state index in [1.54, 1.807) is 12.1 Å². The lowest BCUT2D eigenvalue weighted by molar-refractivity contribution is 0.0793. The SMILES string of the molecule is CC(C)(O)c1cc2nn([C@H]3CC[C@H](C)CC3)cc2cc1NC(=O)c1cccc(S(F)(F)(F)(F)F)c1. The van der Waals surface area contributed by atoms with Crippen molar-refractivity contribution >= 4 is 32.7 Å². The Morgan fingerprint density at radius 2 is 1.74 bits per heavy atom. The highest BCUT2D eigenvalue weighted by Gasteiger charge is 2.65. The van der Waals surface area contributed by atoms with Crippen LogP contribution in [0.2, 0.25) is 0 Å². The summed E-state index contributed by atoms with van der Waals surface area (Å²) in [4.78, 5) is 10.6. The average molecular weight is 518 g/mol. The van der Waals surface area contributed by atoms with Gasteiger partial charge in [-0.3, -0.25) is 9.48 Å². The van der Waals surface area contributed by atoms with Crippen LogP contribution in [0.5, 0.6) is 0 Å². The van der Waals surface area contributed by atoms with Gasteiger partial charge >= 0.3 is 10.2 Å². The summed E-state index contributed by atoms with van der Waals surface area (Å²) >= 11 is 0. The number of aromatic nitrogens is 2. The van der Waals surface area contributed by atoms with Crippen molar-refractivity contribution in [1.82, 2.24) is 9.78 Å². The molecule has 1 saturated carbocycles. The topological polar surface area (TPSA) is 67.2 Å². The third-order valence-electron chi connectivity index (χ3n) is 6.47. The normalized spacial score (nSPS) is 21.4. The summed E-state index contributed by atoms with van der Waals surface area (Å²) in [6.07, 6.45) is 6.00. The van der Waals surface area contributed by atoms with Crippen molar-refractivity contribution in [2.75, 3.05) is 5.32 Å². The van der Waals surface area contributed by atoms with Crippen molar-refractivity contribution in [2.24, 2.45) is 5.92 Å². The molecular weight excluding hydrogens is 489 g/mol. The van der Waals surface area contributed by atoms with Crippen LogP contribution in [0, 0.1) is 5.92 Å². The third kappa shape index (κ3) is 5.61. The van der Waals surface area contributed by atoms with Gasteiger partial charge in [0.15, 0.2) is 0 Å². The molecule has 1 fully saturated rings. The molecule has 1 aliphatic rings. The number of anilines is 1. The number of carbonyl (C=O) groups excluding carboxylic acids is 1. The number of rotatable bonds is 5. The van der Waals surface area contributed by atoms with Crippen LogP contribution in [0.3, 0.4) is 0 Å². The average Bonchev–Trinajstić information content (AvgIpc) is 3.14. The molecule has 2 aromatic carbocycles. The summed E-state index contributed by atoms with van der Waals surface area (Å²) in [5, 5.41) is 18.5. The van der Waals surface area contributed by atoms with E-state index in [9.17, 15) is 29.3 Å². The highest BCUT2D eigenvalue weighted by atomic mass is 32.5. The minimum Gasteiger partial charge on any atom is -0.386 e. The van der Waals surface area contributed by atoms with E-state index in [4.69, 9.17) is 0 Å². The number of carbonyl (C=O) groups is 1. The van der Waals surface area contributed by atoms with Gasteiger partial charge in [-0.1, -0.05) is 32.4 Å². The van der Waals surface area contributed by atoms with E-state index in [-0.39, 0.29) is 23.9 Å². The highest BCUT2D eigenvalue weighted by Crippen LogP contribution is 3.02. The highest BCUT2D eigenvalue weighted by molar-refractivity contribution is 8.45. The molecule has 0 radical (unpaired) electrons. The molecule has 1 heterocycles. The number of halogens is 5. The van der Waals surface area contributed by atoms with Gasteiger partial charge in [0, 0.05) is 28.4 Å². The van der Waals surface area contributed by atoms with Gasteiger partial charge in [-0.05, 0) is 75.8 Å². The molecule has 1 aliphatic carbocycles. The first-order valence-corrected chi connectivity index (χ1v) is 13.3. The van der Waals surface area contributed by atoms with E-state index >= 15 is 0 Å². The molecule has 192 valence electrons. The second-order valence-corrected chi connectivity index (χ2v) is 12.4. The van der Waals surface area contributed by atoms with Crippen molar-refractivity contribution in [2.45, 2.75) is 63.0 Å². The lowest BCUT2D eigenvalue weighted by Gasteiger charge is -2.40. The van der Waals surface area contributed by atoms with Crippen LogP contribution in [0.4, 0.5) is 25.1 Å². The minimum atomic E-state index is -9.95. The molecule has 3 aromatic rings. The molecule has 0 spiro atoms. The standard InChI is InChI=1S/C24H28F5N3O2S/c1-15-7-9-18(10-8-15)32-14-17-12-22(20(24(2,3)34)13-21(17)31-32)30-23(33)16-5-4-6-19(11-16)35(25,26,27,28)29/h4-6,11-15,18,34H,7-10H2,1-3H3,(H,30,33)/t15-,18-. The van der Waals surface area contributed by atoms with Gasteiger partial charge < -0.3 is 10.4 Å². The third-order valence-corrected chi connectivity index (χ3v) is 7.61. The van der Waals surface area contributed by atoms with E-state index in [1.807, 2.05) is 10.9 Å². The van der Waals surface area contributed by atoms with Crippen molar-refractivity contribution in [3.05, 3.63) is 53.7 Å². The first kappa shape index (κ1) is 25.4. The molecular formula is C24H28F5N3O2S. The summed E-state index contributed by atoms with van der Waals surface area (Å²) < 4.78 is 68.0. The van der Waals surface area contributed by atoms with Crippen LogP contribution in [-0.2, 0) is 5.60 Å². The fourth-order valence-corrected chi connectivity index (χ4v) is 5.15. The zero-order chi connectivity index (χ0) is 25.9. The van der Waals surface area contributed by atoms with Crippen molar-refractivity contribution in [1.29, 1.82) is 0 Å². The van der Waals surface area contributed by atoms with E-state index in [2.05, 4.69) is 17.3 Å². The number of amides is 1. The molecule has 0 bridgehead atoms. The smallest absolute Gasteiger partial charge is 0.310 e. The maximum atomic E-state index is 13.2. The summed E-state index contributed by atoms with van der Waals surface area (Å²) in [5.41, 5.74) is -0.951. The maximum Gasteiger partial charge on any atom is 0.310 e. The van der Waals surface area contributed by atoms with E-state index in [0.717, 1.165) is 37.8 Å². The molecule has 11 heteroatoms. The fourth-order valence-electron chi connectivity index (χ4n) is 4.47. The van der Waals surface area contributed by atoms with Gasteiger partial charge in [0.1, 0.15) is 4.90 Å². The summed E-state index contributed by atoms with van der Waals surface area (Å²) in [6.45, 7) is 5.21. The Hall–Kier alpha value is -2.66. The zero-order valence-electron chi connectivity index (χ0n) is 19.6. The van der Waals surface area contributed by atoms with Crippen molar-refractivity contribution in [3.63, 3.8) is 0 Å². The van der Waals surface area contributed by atoms with Crippen LogP contribution in [-0.4, -0.2) is 20.8 Å². The van der Waals surface area contributed by atoms with Crippen LogP contribution < -0.4 is 5.32 Å². The Morgan fingerprint density at radius 3 is 2.34 bits per heavy atom. The number of benzene rings is 2. The van der Waals surface area contributed by atoms with Gasteiger partial charge in [0.05, 0.1) is 17.2 Å². The number of aliphatic hydroxyl groups is 1.